The number of amides is 1. The summed E-state index contributed by atoms with van der Waals surface area (Å²) in [5.41, 5.74) is 2.25. The Morgan fingerprint density at radius 1 is 1.56 bits per heavy atom. The van der Waals surface area contributed by atoms with Gasteiger partial charge in [0.1, 0.15) is 6.04 Å². The fourth-order valence-corrected chi connectivity index (χ4v) is 1.84. The van der Waals surface area contributed by atoms with Crippen molar-refractivity contribution >= 4 is 11.6 Å². The van der Waals surface area contributed by atoms with Gasteiger partial charge < -0.3 is 10.6 Å². The zero-order valence-electron chi connectivity index (χ0n) is 8.99. The molecule has 1 amide bonds. The van der Waals surface area contributed by atoms with E-state index in [1.54, 1.807) is 0 Å². The van der Waals surface area contributed by atoms with Crippen molar-refractivity contribution in [1.82, 2.24) is 5.32 Å². The lowest BCUT2D eigenvalue weighted by atomic mass is 10.1. The molecule has 0 saturated carbocycles. The van der Waals surface area contributed by atoms with Crippen LogP contribution in [0.25, 0.3) is 0 Å². The SMILES string of the molecule is C#CCCNC(=O)C1Cc2ccccc2N1. The molecule has 3 nitrogen and oxygen atoms in total. The Bertz CT molecular complexity index is 409. The van der Waals surface area contributed by atoms with Crippen LogP contribution in [-0.2, 0) is 11.2 Å². The summed E-state index contributed by atoms with van der Waals surface area (Å²) < 4.78 is 0. The minimum atomic E-state index is -0.157. The first-order chi connectivity index (χ1) is 7.81. The number of terminal acetylenes is 1. The van der Waals surface area contributed by atoms with Gasteiger partial charge in [0.2, 0.25) is 5.91 Å². The molecule has 0 aromatic heterocycles. The number of fused-ring (bicyclic) bond motifs is 1. The van der Waals surface area contributed by atoms with Crippen LogP contribution >= 0.6 is 0 Å². The number of benzene rings is 1. The minimum absolute atomic E-state index is 0.0199. The molecule has 0 spiro atoms. The third-order valence-corrected chi connectivity index (χ3v) is 2.66. The molecule has 1 unspecified atom stereocenters. The monoisotopic (exact) mass is 214 g/mol. The van der Waals surface area contributed by atoms with E-state index in [0.717, 1.165) is 12.1 Å². The molecule has 1 aromatic carbocycles. The number of para-hydroxylation sites is 1. The quantitative estimate of drug-likeness (QED) is 0.585. The summed E-state index contributed by atoms with van der Waals surface area (Å²) in [6.45, 7) is 0.545. The molecular weight excluding hydrogens is 200 g/mol. The van der Waals surface area contributed by atoms with E-state index in [0.29, 0.717) is 13.0 Å². The zero-order valence-corrected chi connectivity index (χ0v) is 8.99. The van der Waals surface area contributed by atoms with Crippen molar-refractivity contribution < 1.29 is 4.79 Å². The first kappa shape index (κ1) is 10.6. The maximum atomic E-state index is 11.7. The molecule has 82 valence electrons. The average molecular weight is 214 g/mol. The molecule has 3 heteroatoms. The van der Waals surface area contributed by atoms with Gasteiger partial charge in [0.25, 0.3) is 0 Å². The molecule has 2 N–H and O–H groups in total. The van der Waals surface area contributed by atoms with Gasteiger partial charge in [-0.1, -0.05) is 18.2 Å². The van der Waals surface area contributed by atoms with Gasteiger partial charge in [0.15, 0.2) is 0 Å². The van der Waals surface area contributed by atoms with Crippen molar-refractivity contribution in [3.8, 4) is 12.3 Å². The highest BCUT2D eigenvalue weighted by Crippen LogP contribution is 2.24. The summed E-state index contributed by atoms with van der Waals surface area (Å²) in [5.74, 6) is 2.52. The van der Waals surface area contributed by atoms with E-state index >= 15 is 0 Å². The molecule has 1 aliphatic heterocycles. The predicted octanol–water partition coefficient (Wildman–Crippen LogP) is 1.16. The van der Waals surface area contributed by atoms with Crippen LogP contribution in [0.2, 0.25) is 0 Å². The van der Waals surface area contributed by atoms with E-state index in [4.69, 9.17) is 6.42 Å². The third-order valence-electron chi connectivity index (χ3n) is 2.66. The first-order valence-corrected chi connectivity index (χ1v) is 5.37. The van der Waals surface area contributed by atoms with E-state index in [9.17, 15) is 4.79 Å². The van der Waals surface area contributed by atoms with Crippen LogP contribution < -0.4 is 10.6 Å². The van der Waals surface area contributed by atoms with Gasteiger partial charge in [-0.15, -0.1) is 12.3 Å². The van der Waals surface area contributed by atoms with E-state index in [-0.39, 0.29) is 11.9 Å². The number of carbonyl (C=O) groups excluding carboxylic acids is 1. The third kappa shape index (κ3) is 2.17. The summed E-state index contributed by atoms with van der Waals surface area (Å²) in [6.07, 6.45) is 6.44. The highest BCUT2D eigenvalue weighted by atomic mass is 16.2. The summed E-state index contributed by atoms with van der Waals surface area (Å²) in [7, 11) is 0. The van der Waals surface area contributed by atoms with Crippen molar-refractivity contribution in [3.05, 3.63) is 29.8 Å². The number of hydrogen-bond acceptors (Lipinski definition) is 2. The minimum Gasteiger partial charge on any atom is -0.373 e. The van der Waals surface area contributed by atoms with Gasteiger partial charge >= 0.3 is 0 Å². The Morgan fingerprint density at radius 2 is 2.38 bits per heavy atom. The standard InChI is InChI=1S/C13H14N2O/c1-2-3-8-14-13(16)12-9-10-6-4-5-7-11(10)15-12/h1,4-7,12,15H,3,8-9H2,(H,14,16). The van der Waals surface area contributed by atoms with Crippen molar-refractivity contribution in [2.45, 2.75) is 18.9 Å². The molecule has 1 heterocycles. The van der Waals surface area contributed by atoms with Gasteiger partial charge in [-0.05, 0) is 11.6 Å². The molecule has 0 fully saturated rings. The van der Waals surface area contributed by atoms with E-state index in [1.165, 1.54) is 5.56 Å². The molecule has 2 rings (SSSR count). The maximum Gasteiger partial charge on any atom is 0.242 e. The van der Waals surface area contributed by atoms with Gasteiger partial charge in [0, 0.05) is 25.1 Å². The predicted molar refractivity (Wildman–Crippen MR) is 64.0 cm³/mol. The highest BCUT2D eigenvalue weighted by molar-refractivity contribution is 5.87. The Balaban J connectivity index is 1.91. The van der Waals surface area contributed by atoms with Crippen LogP contribution in [0.3, 0.4) is 0 Å². The van der Waals surface area contributed by atoms with Crippen LogP contribution in [0.4, 0.5) is 5.69 Å². The van der Waals surface area contributed by atoms with Crippen molar-refractivity contribution in [3.63, 3.8) is 0 Å². The molecule has 0 bridgehead atoms. The maximum absolute atomic E-state index is 11.7. The smallest absolute Gasteiger partial charge is 0.242 e. The molecule has 1 aromatic rings. The Kier molecular flexibility index (Phi) is 3.11. The second-order valence-corrected chi connectivity index (χ2v) is 3.80. The first-order valence-electron chi connectivity index (χ1n) is 5.37. The summed E-state index contributed by atoms with van der Waals surface area (Å²) in [4.78, 5) is 11.7. The molecule has 1 atom stereocenters. The average Bonchev–Trinajstić information content (AvgIpc) is 2.73. The Labute approximate surface area is 95.2 Å². The normalized spacial score (nSPS) is 17.1. The van der Waals surface area contributed by atoms with E-state index < -0.39 is 0 Å². The van der Waals surface area contributed by atoms with Crippen molar-refractivity contribution in [1.29, 1.82) is 0 Å². The lowest BCUT2D eigenvalue weighted by molar-refractivity contribution is -0.121. The molecule has 0 aliphatic carbocycles. The van der Waals surface area contributed by atoms with Gasteiger partial charge in [-0.25, -0.2) is 0 Å². The Hall–Kier alpha value is -1.95. The number of carbonyl (C=O) groups is 1. The topological polar surface area (TPSA) is 41.1 Å². The molecule has 1 aliphatic rings. The second-order valence-electron chi connectivity index (χ2n) is 3.80. The second kappa shape index (κ2) is 4.71. The lowest BCUT2D eigenvalue weighted by Crippen LogP contribution is -2.38. The molecule has 0 saturated heterocycles. The zero-order chi connectivity index (χ0) is 11.4. The van der Waals surface area contributed by atoms with Crippen LogP contribution in [0.15, 0.2) is 24.3 Å². The number of nitrogens with one attached hydrogen (secondary N) is 2. The van der Waals surface area contributed by atoms with Crippen LogP contribution in [-0.4, -0.2) is 18.5 Å². The van der Waals surface area contributed by atoms with Crippen molar-refractivity contribution in [2.24, 2.45) is 0 Å². The Morgan fingerprint density at radius 3 is 3.12 bits per heavy atom. The van der Waals surface area contributed by atoms with Gasteiger partial charge in [-0.2, -0.15) is 0 Å². The van der Waals surface area contributed by atoms with E-state index in [2.05, 4.69) is 16.6 Å². The fraction of sp³-hybridized carbons (Fsp3) is 0.308. The number of rotatable bonds is 3. The molecular formula is C13H14N2O. The molecule has 16 heavy (non-hydrogen) atoms. The fourth-order valence-electron chi connectivity index (χ4n) is 1.84. The van der Waals surface area contributed by atoms with Gasteiger partial charge in [-0.3, -0.25) is 4.79 Å². The van der Waals surface area contributed by atoms with Gasteiger partial charge in [0.05, 0.1) is 0 Å². The van der Waals surface area contributed by atoms with Crippen LogP contribution in [0.1, 0.15) is 12.0 Å². The number of hydrogen-bond donors (Lipinski definition) is 2. The van der Waals surface area contributed by atoms with E-state index in [1.807, 2.05) is 24.3 Å². The summed E-state index contributed by atoms with van der Waals surface area (Å²) in [6, 6.07) is 7.82. The largest absolute Gasteiger partial charge is 0.373 e. The lowest BCUT2D eigenvalue weighted by Gasteiger charge is -2.10. The van der Waals surface area contributed by atoms with Crippen LogP contribution in [0.5, 0.6) is 0 Å². The molecule has 0 radical (unpaired) electrons. The summed E-state index contributed by atoms with van der Waals surface area (Å²) in [5, 5.41) is 6.01. The summed E-state index contributed by atoms with van der Waals surface area (Å²) >= 11 is 0. The van der Waals surface area contributed by atoms with Crippen molar-refractivity contribution in [2.75, 3.05) is 11.9 Å². The number of anilines is 1. The van der Waals surface area contributed by atoms with Crippen LogP contribution in [0, 0.1) is 12.3 Å². The highest BCUT2D eigenvalue weighted by Gasteiger charge is 2.25.